The summed E-state index contributed by atoms with van der Waals surface area (Å²) in [4.78, 5) is 15.9. The maximum Gasteiger partial charge on any atom is 0.510 e. The van der Waals surface area contributed by atoms with E-state index in [1.807, 2.05) is 48.5 Å². The van der Waals surface area contributed by atoms with Crippen LogP contribution in [0.2, 0.25) is 0 Å². The molecule has 1 unspecified atom stereocenters. The molecule has 0 spiro atoms. The van der Waals surface area contributed by atoms with Crippen molar-refractivity contribution < 1.29 is 23.1 Å². The number of benzene rings is 4. The molecule has 8 aromatic rings. The number of fused-ring (bicyclic) bond motifs is 20. The monoisotopic (exact) mass is 813 g/mol. The zero-order valence-electron chi connectivity index (χ0n) is 33.6. The first kappa shape index (κ1) is 36.5. The minimum atomic E-state index is -4.14. The maximum absolute atomic E-state index is 14.0. The molecule has 5 atom stereocenters. The van der Waals surface area contributed by atoms with Gasteiger partial charge in [0, 0.05) is 45.6 Å². The van der Waals surface area contributed by atoms with E-state index in [9.17, 15) is 4.57 Å². The maximum atomic E-state index is 14.0. The summed E-state index contributed by atoms with van der Waals surface area (Å²) in [5.74, 6) is 2.04. The molecule has 0 radical (unpaired) electrons. The number of hydrogen-bond acceptors (Lipinski definition) is 5. The summed E-state index contributed by atoms with van der Waals surface area (Å²) in [6.07, 6.45) is 0. The molecule has 7 heterocycles. The van der Waals surface area contributed by atoms with Crippen LogP contribution in [0.1, 0.15) is 95.5 Å². The van der Waals surface area contributed by atoms with Crippen LogP contribution < -0.4 is 24.0 Å². The minimum Gasteiger partial charge on any atom is -0.457 e. The van der Waals surface area contributed by atoms with E-state index in [2.05, 4.69) is 133 Å². The van der Waals surface area contributed by atoms with Crippen LogP contribution in [-0.4, -0.2) is 26.7 Å². The Morgan fingerprint density at radius 2 is 0.667 bits per heavy atom. The first-order valence-corrected chi connectivity index (χ1v) is 21.7. The van der Waals surface area contributed by atoms with Crippen LogP contribution in [-0.2, 0) is 26.2 Å². The molecule has 0 amide bonds. The molecule has 3 aliphatic rings. The SMILES string of the molecule is C[C@]12c3cccc(c3)OCOc3cccc(c3)[C@](C)(c3ccc1[nH]3)c1ccc([nH]1)[C@@]1(C)c3cccc(c3)OP(N)(=O)Oc3cccc(c3)[C@@](C)(c3ccc2[nH]3)c2ccc1[nH]2. The number of ether oxygens (including phenoxy) is 2. The van der Waals surface area contributed by atoms with Crippen molar-refractivity contribution in [2.24, 2.45) is 5.50 Å². The predicted molar refractivity (Wildman–Crippen MR) is 230 cm³/mol. The zero-order valence-corrected chi connectivity index (χ0v) is 34.5. The number of aromatic nitrogens is 4. The molecule has 11 heteroatoms. The van der Waals surface area contributed by atoms with Gasteiger partial charge in [-0.15, -0.1) is 0 Å². The van der Waals surface area contributed by atoms with Gasteiger partial charge in [0.25, 0.3) is 0 Å². The Hall–Kier alpha value is -6.61. The van der Waals surface area contributed by atoms with E-state index in [4.69, 9.17) is 24.0 Å². The zero-order chi connectivity index (χ0) is 41.1. The van der Waals surface area contributed by atoms with Gasteiger partial charge in [0.15, 0.2) is 0 Å². The fraction of sp³-hybridized carbons (Fsp3) is 0.184. The molecule has 0 saturated heterocycles. The van der Waals surface area contributed by atoms with E-state index in [-0.39, 0.29) is 6.79 Å². The van der Waals surface area contributed by atoms with Crippen molar-refractivity contribution in [3.63, 3.8) is 0 Å². The molecule has 0 fully saturated rings. The molecule has 20 bridgehead atoms. The predicted octanol–water partition coefficient (Wildman–Crippen LogP) is 10.3. The molecule has 3 aliphatic heterocycles. The van der Waals surface area contributed by atoms with Gasteiger partial charge in [0.2, 0.25) is 6.79 Å². The Morgan fingerprint density at radius 1 is 0.417 bits per heavy atom. The van der Waals surface area contributed by atoms with Crippen molar-refractivity contribution in [1.82, 2.24) is 19.9 Å². The lowest BCUT2D eigenvalue weighted by atomic mass is 9.76. The molecular weight excluding hydrogens is 770 g/mol. The quantitative estimate of drug-likeness (QED) is 0.0965. The highest BCUT2D eigenvalue weighted by Crippen LogP contribution is 2.50. The average Bonchev–Trinajstić information content (AvgIpc) is 4.10. The lowest BCUT2D eigenvalue weighted by molar-refractivity contribution is 0.119. The molecule has 60 heavy (non-hydrogen) atoms. The summed E-state index contributed by atoms with van der Waals surface area (Å²) in [7, 11) is -4.14. The van der Waals surface area contributed by atoms with Crippen LogP contribution in [0.25, 0.3) is 0 Å². The highest BCUT2D eigenvalue weighted by molar-refractivity contribution is 7.52. The summed E-state index contributed by atoms with van der Waals surface area (Å²) in [5.41, 5.74) is 14.8. The second kappa shape index (κ2) is 12.7. The lowest BCUT2D eigenvalue weighted by Crippen LogP contribution is -2.32. The van der Waals surface area contributed by atoms with E-state index in [1.165, 1.54) is 0 Å². The standard InChI is InChI=1S/C49H44N5O5P/c1-46-30-9-5-13-34(25-30)56-29-57-35-14-6-10-31(26-35)47(2,39-18-17-38(46)51-39)41-20-22-43(53-41)49(4)33-12-8-16-37(28-33)59-60(50,55)58-36-15-7-11-32(27-36)48(3,42-21-19-40(46)52-42)44-23-24-45(49)54-44/h5-28,51-54H,29H2,1-4H3,(H2,50,55)/t46-,47+,48-,49+,60?. The molecule has 6 N–H and O–H groups in total. The van der Waals surface area contributed by atoms with E-state index < -0.39 is 29.4 Å². The summed E-state index contributed by atoms with van der Waals surface area (Å²) in [5, 5.41) is 0. The van der Waals surface area contributed by atoms with Gasteiger partial charge >= 0.3 is 7.75 Å². The van der Waals surface area contributed by atoms with Crippen molar-refractivity contribution in [3.05, 3.63) is 213 Å². The average molecular weight is 814 g/mol. The minimum absolute atomic E-state index is 0.0440. The van der Waals surface area contributed by atoms with Crippen LogP contribution in [0.3, 0.4) is 0 Å². The molecule has 4 aromatic heterocycles. The van der Waals surface area contributed by atoms with Gasteiger partial charge in [-0.05, 0) is 147 Å². The van der Waals surface area contributed by atoms with Crippen LogP contribution in [0, 0.1) is 0 Å². The number of rotatable bonds is 0. The van der Waals surface area contributed by atoms with Crippen molar-refractivity contribution in [2.45, 2.75) is 49.4 Å². The Kier molecular flexibility index (Phi) is 7.72. The van der Waals surface area contributed by atoms with E-state index >= 15 is 0 Å². The fourth-order valence-corrected chi connectivity index (χ4v) is 10.6. The fourth-order valence-electron chi connectivity index (χ4n) is 9.74. The third-order valence-electron chi connectivity index (χ3n) is 13.6. The molecule has 10 nitrogen and oxygen atoms in total. The van der Waals surface area contributed by atoms with Gasteiger partial charge in [-0.1, -0.05) is 48.5 Å². The Morgan fingerprint density at radius 3 is 0.950 bits per heavy atom. The first-order chi connectivity index (χ1) is 28.9. The normalized spacial score (nSPS) is 26.3. The smallest absolute Gasteiger partial charge is 0.457 e. The van der Waals surface area contributed by atoms with Gasteiger partial charge in [0.05, 0.1) is 21.7 Å². The molecular formula is C49H44N5O5P. The Labute approximate surface area is 347 Å². The van der Waals surface area contributed by atoms with Crippen LogP contribution in [0.4, 0.5) is 0 Å². The number of hydrogen-bond donors (Lipinski definition) is 5. The van der Waals surface area contributed by atoms with Crippen molar-refractivity contribution in [3.8, 4) is 23.0 Å². The van der Waals surface area contributed by atoms with Gasteiger partial charge in [0.1, 0.15) is 23.0 Å². The molecule has 11 rings (SSSR count). The molecule has 0 aliphatic carbocycles. The lowest BCUT2D eigenvalue weighted by Gasteiger charge is -2.34. The first-order valence-electron chi connectivity index (χ1n) is 20.1. The number of nitrogens with one attached hydrogen (secondary N) is 4. The third-order valence-corrected chi connectivity index (χ3v) is 14.5. The van der Waals surface area contributed by atoms with Crippen LogP contribution in [0.5, 0.6) is 23.0 Å². The summed E-state index contributed by atoms with van der Waals surface area (Å²) >= 11 is 0. The van der Waals surface area contributed by atoms with Gasteiger partial charge in [-0.2, -0.15) is 0 Å². The molecule has 300 valence electrons. The molecule has 4 aromatic carbocycles. The summed E-state index contributed by atoms with van der Waals surface area (Å²) in [6.45, 7) is 8.90. The third kappa shape index (κ3) is 5.27. The summed E-state index contributed by atoms with van der Waals surface area (Å²) < 4.78 is 38.6. The second-order valence-corrected chi connectivity index (χ2v) is 18.3. The van der Waals surface area contributed by atoms with E-state index in [1.54, 1.807) is 12.1 Å². The number of nitrogens with two attached hydrogens (primary N) is 1. The highest BCUT2D eigenvalue weighted by atomic mass is 31.2. The summed E-state index contributed by atoms with van der Waals surface area (Å²) in [6, 6.07) is 49.0. The van der Waals surface area contributed by atoms with Gasteiger partial charge < -0.3 is 38.5 Å². The van der Waals surface area contributed by atoms with E-state index in [0.29, 0.717) is 23.0 Å². The number of H-pyrrole nitrogens is 4. The Balaban J connectivity index is 1.27. The van der Waals surface area contributed by atoms with Crippen molar-refractivity contribution in [1.29, 1.82) is 0 Å². The Bertz CT molecular complexity index is 2840. The largest absolute Gasteiger partial charge is 0.510 e. The van der Waals surface area contributed by atoms with Crippen LogP contribution in [0.15, 0.2) is 146 Å². The molecule has 0 saturated carbocycles. The second-order valence-electron chi connectivity index (χ2n) is 16.9. The highest BCUT2D eigenvalue weighted by Gasteiger charge is 2.44. The van der Waals surface area contributed by atoms with E-state index in [0.717, 1.165) is 67.8 Å². The van der Waals surface area contributed by atoms with Gasteiger partial charge in [-0.3, -0.25) is 0 Å². The van der Waals surface area contributed by atoms with Crippen molar-refractivity contribution in [2.75, 3.05) is 6.79 Å². The topological polar surface area (TPSA) is 143 Å². The number of aromatic amines is 4. The van der Waals surface area contributed by atoms with Crippen molar-refractivity contribution >= 4 is 7.75 Å². The van der Waals surface area contributed by atoms with Gasteiger partial charge in [-0.25, -0.2) is 10.1 Å². The van der Waals surface area contributed by atoms with Crippen LogP contribution >= 0.6 is 7.75 Å².